The van der Waals surface area contributed by atoms with Crippen molar-refractivity contribution in [2.24, 2.45) is 7.05 Å². The number of pyridine rings is 1. The van der Waals surface area contributed by atoms with E-state index in [0.29, 0.717) is 36.5 Å². The lowest BCUT2D eigenvalue weighted by Crippen LogP contribution is -2.37. The highest BCUT2D eigenvalue weighted by Crippen LogP contribution is 2.21. The molecule has 39 heavy (non-hydrogen) atoms. The first kappa shape index (κ1) is 28.6. The number of aryl methyl sites for hydroxylation is 3. The highest BCUT2D eigenvalue weighted by atomic mass is 19.3. The Kier molecular flexibility index (Phi) is 10.3. The first-order valence-electron chi connectivity index (χ1n) is 13.3. The summed E-state index contributed by atoms with van der Waals surface area (Å²) in [6.45, 7) is 2.05. The smallest absolute Gasteiger partial charge is 0.326 e. The molecule has 0 radical (unpaired) electrons. The van der Waals surface area contributed by atoms with Crippen molar-refractivity contribution >= 4 is 28.6 Å². The molecule has 11 nitrogen and oxygen atoms in total. The van der Waals surface area contributed by atoms with Crippen molar-refractivity contribution in [2.75, 3.05) is 50.0 Å². The molecule has 0 saturated carbocycles. The van der Waals surface area contributed by atoms with E-state index in [1.165, 1.54) is 11.9 Å². The van der Waals surface area contributed by atoms with E-state index in [4.69, 9.17) is 9.72 Å². The van der Waals surface area contributed by atoms with Gasteiger partial charge in [-0.25, -0.2) is 28.5 Å². The van der Waals surface area contributed by atoms with Crippen molar-refractivity contribution in [3.63, 3.8) is 0 Å². The molecular weight excluding hydrogens is 510 g/mol. The number of anilines is 2. The van der Waals surface area contributed by atoms with Crippen LogP contribution in [0.15, 0.2) is 24.7 Å². The fourth-order valence-electron chi connectivity index (χ4n) is 4.66. The molecule has 3 N–H and O–H groups in total. The van der Waals surface area contributed by atoms with E-state index in [1.807, 2.05) is 0 Å². The lowest BCUT2D eigenvalue weighted by atomic mass is 10.1. The van der Waals surface area contributed by atoms with Gasteiger partial charge in [-0.2, -0.15) is 5.10 Å². The van der Waals surface area contributed by atoms with E-state index in [9.17, 15) is 18.7 Å². The standard InChI is InChI=1S/C26H36F2N8O3/c1-35-25-20(15-32-35)24(30-17-31-25)34-21(26(37)38)9-12-36(13-14-39-16-22(27)28)11-3-2-6-19-8-7-18-5-4-10-29-23(18)33-19/h7-8,15,17,21-22H,2-6,9-14,16H2,1H3,(H,29,33)(H,37,38)(H,30,31,34)/t21-/m0/s1. The number of carboxylic acid groups (broad SMARTS) is 1. The summed E-state index contributed by atoms with van der Waals surface area (Å²) in [4.78, 5) is 27.2. The molecule has 4 heterocycles. The molecule has 0 unspecified atom stereocenters. The van der Waals surface area contributed by atoms with Gasteiger partial charge in [0.1, 0.15) is 30.6 Å². The third kappa shape index (κ3) is 8.27. The number of rotatable bonds is 16. The van der Waals surface area contributed by atoms with Crippen molar-refractivity contribution in [1.82, 2.24) is 29.6 Å². The monoisotopic (exact) mass is 546 g/mol. The lowest BCUT2D eigenvalue weighted by molar-refractivity contribution is -0.138. The van der Waals surface area contributed by atoms with Crippen LogP contribution in [0.5, 0.6) is 0 Å². The molecule has 1 aliphatic rings. The molecule has 13 heteroatoms. The summed E-state index contributed by atoms with van der Waals surface area (Å²) < 4.78 is 31.7. The topological polar surface area (TPSA) is 130 Å². The van der Waals surface area contributed by atoms with Gasteiger partial charge in [0.25, 0.3) is 6.43 Å². The van der Waals surface area contributed by atoms with Crippen LogP contribution in [0.25, 0.3) is 11.0 Å². The Balaban J connectivity index is 1.31. The molecule has 0 aromatic carbocycles. The maximum absolute atomic E-state index is 12.5. The first-order valence-corrected chi connectivity index (χ1v) is 13.3. The Morgan fingerprint density at radius 3 is 2.95 bits per heavy atom. The number of carbonyl (C=O) groups is 1. The number of aliphatic carboxylic acids is 1. The number of nitrogens with zero attached hydrogens (tertiary/aromatic N) is 6. The van der Waals surface area contributed by atoms with Crippen LogP contribution >= 0.6 is 0 Å². The lowest BCUT2D eigenvalue weighted by Gasteiger charge is -2.24. The Morgan fingerprint density at radius 1 is 1.26 bits per heavy atom. The minimum Gasteiger partial charge on any atom is -0.480 e. The number of ether oxygens (including phenoxy) is 1. The summed E-state index contributed by atoms with van der Waals surface area (Å²) >= 11 is 0. The zero-order valence-electron chi connectivity index (χ0n) is 22.2. The minimum absolute atomic E-state index is 0.149. The van der Waals surface area contributed by atoms with Crippen molar-refractivity contribution in [3.8, 4) is 0 Å². The van der Waals surface area contributed by atoms with Gasteiger partial charge in [-0.3, -0.25) is 4.68 Å². The highest BCUT2D eigenvalue weighted by Gasteiger charge is 2.21. The largest absolute Gasteiger partial charge is 0.480 e. The molecule has 0 saturated heterocycles. The quantitative estimate of drug-likeness (QED) is 0.231. The summed E-state index contributed by atoms with van der Waals surface area (Å²) in [5.41, 5.74) is 2.89. The molecule has 4 rings (SSSR count). The summed E-state index contributed by atoms with van der Waals surface area (Å²) in [5.74, 6) is 0.377. The molecule has 1 aliphatic heterocycles. The summed E-state index contributed by atoms with van der Waals surface area (Å²) in [6.07, 6.45) is 5.49. The third-order valence-electron chi connectivity index (χ3n) is 6.78. The molecule has 0 aliphatic carbocycles. The van der Waals surface area contributed by atoms with E-state index < -0.39 is 25.0 Å². The molecule has 1 atom stereocenters. The van der Waals surface area contributed by atoms with Gasteiger partial charge in [0, 0.05) is 32.4 Å². The van der Waals surface area contributed by atoms with Gasteiger partial charge in [0.05, 0.1) is 18.2 Å². The van der Waals surface area contributed by atoms with E-state index in [0.717, 1.165) is 50.2 Å². The second kappa shape index (κ2) is 14.1. The van der Waals surface area contributed by atoms with Gasteiger partial charge >= 0.3 is 5.97 Å². The normalized spacial score (nSPS) is 14.0. The Bertz CT molecular complexity index is 1230. The Hall–Kier alpha value is -3.45. The number of hydrogen-bond acceptors (Lipinski definition) is 9. The first-order chi connectivity index (χ1) is 18.9. The average Bonchev–Trinajstić information content (AvgIpc) is 3.31. The number of alkyl halides is 2. The summed E-state index contributed by atoms with van der Waals surface area (Å²) in [6, 6.07) is 3.32. The minimum atomic E-state index is -2.52. The van der Waals surface area contributed by atoms with Crippen LogP contribution in [-0.2, 0) is 29.4 Å². The molecule has 3 aromatic heterocycles. The maximum atomic E-state index is 12.5. The molecule has 0 bridgehead atoms. The van der Waals surface area contributed by atoms with E-state index in [-0.39, 0.29) is 13.0 Å². The van der Waals surface area contributed by atoms with Crippen molar-refractivity contribution < 1.29 is 23.4 Å². The number of unbranched alkanes of at least 4 members (excludes halogenated alkanes) is 1. The number of carboxylic acids is 1. The van der Waals surface area contributed by atoms with Gasteiger partial charge < -0.3 is 25.4 Å². The molecule has 212 valence electrons. The number of nitrogens with one attached hydrogen (secondary N) is 2. The van der Waals surface area contributed by atoms with Gasteiger partial charge in [-0.15, -0.1) is 0 Å². The van der Waals surface area contributed by atoms with Gasteiger partial charge in [0.15, 0.2) is 5.65 Å². The van der Waals surface area contributed by atoms with Gasteiger partial charge in [-0.1, -0.05) is 6.07 Å². The molecule has 0 spiro atoms. The number of aromatic nitrogens is 5. The molecule has 0 amide bonds. The van der Waals surface area contributed by atoms with Crippen LogP contribution in [0, 0.1) is 0 Å². The summed E-state index contributed by atoms with van der Waals surface area (Å²) in [7, 11) is 1.75. The van der Waals surface area contributed by atoms with Crippen LogP contribution in [0.3, 0.4) is 0 Å². The van der Waals surface area contributed by atoms with Crippen molar-refractivity contribution in [3.05, 3.63) is 35.9 Å². The van der Waals surface area contributed by atoms with E-state index in [1.54, 1.807) is 17.9 Å². The third-order valence-corrected chi connectivity index (χ3v) is 6.78. The zero-order chi connectivity index (χ0) is 27.6. The van der Waals surface area contributed by atoms with Crippen LogP contribution < -0.4 is 10.6 Å². The van der Waals surface area contributed by atoms with Crippen LogP contribution in [0.1, 0.15) is 36.9 Å². The molecule has 3 aromatic rings. The number of hydrogen-bond donors (Lipinski definition) is 3. The fraction of sp³-hybridized carbons (Fsp3) is 0.577. The second-order valence-electron chi connectivity index (χ2n) is 9.66. The van der Waals surface area contributed by atoms with Gasteiger partial charge in [-0.05, 0) is 56.7 Å². The SMILES string of the molecule is Cn1ncc2c(N[C@@H](CCN(CCCCc3ccc4c(n3)NCCC4)CCOCC(F)F)C(=O)O)ncnc21. The zero-order valence-corrected chi connectivity index (χ0v) is 22.2. The Morgan fingerprint density at radius 2 is 2.13 bits per heavy atom. The molecule has 0 fully saturated rings. The Labute approximate surface area is 226 Å². The van der Waals surface area contributed by atoms with Crippen LogP contribution in [0.2, 0.25) is 0 Å². The van der Waals surface area contributed by atoms with Crippen LogP contribution in [-0.4, -0.2) is 92.6 Å². The second-order valence-corrected chi connectivity index (χ2v) is 9.66. The maximum Gasteiger partial charge on any atom is 0.326 e. The average molecular weight is 547 g/mol. The van der Waals surface area contributed by atoms with Crippen LogP contribution in [0.4, 0.5) is 20.4 Å². The highest BCUT2D eigenvalue weighted by molar-refractivity contribution is 5.88. The van der Waals surface area contributed by atoms with E-state index in [2.05, 4.69) is 42.7 Å². The predicted octanol–water partition coefficient (Wildman–Crippen LogP) is 2.98. The van der Waals surface area contributed by atoms with E-state index >= 15 is 0 Å². The van der Waals surface area contributed by atoms with Gasteiger partial charge in [0.2, 0.25) is 0 Å². The molecular formula is C26H36F2N8O3. The predicted molar refractivity (Wildman–Crippen MR) is 143 cm³/mol. The fourth-order valence-corrected chi connectivity index (χ4v) is 4.66. The number of halogens is 2. The van der Waals surface area contributed by atoms with Crippen molar-refractivity contribution in [1.29, 1.82) is 0 Å². The number of fused-ring (bicyclic) bond motifs is 2. The summed E-state index contributed by atoms with van der Waals surface area (Å²) in [5, 5.41) is 21.0. The van der Waals surface area contributed by atoms with Crippen molar-refractivity contribution in [2.45, 2.75) is 51.0 Å².